The van der Waals surface area contributed by atoms with Gasteiger partial charge in [-0.15, -0.1) is 0 Å². The Balaban J connectivity index is 1.90. The van der Waals surface area contributed by atoms with E-state index in [1.54, 1.807) is 0 Å². The summed E-state index contributed by atoms with van der Waals surface area (Å²) in [6, 6.07) is 3.56. The van der Waals surface area contributed by atoms with Crippen molar-refractivity contribution in [2.75, 3.05) is 11.9 Å². The molecule has 0 amide bonds. The topological polar surface area (TPSA) is 60.2 Å². The third-order valence-electron chi connectivity index (χ3n) is 2.89. The molecule has 0 aliphatic heterocycles. The van der Waals surface area contributed by atoms with Crippen LogP contribution in [0.4, 0.5) is 14.5 Å². The SMILES string of the molecule is CC(C)COC(C)c1noc(CNc2ccc(F)c(F)c2)n1. The highest BCUT2D eigenvalue weighted by atomic mass is 19.2. The summed E-state index contributed by atoms with van der Waals surface area (Å²) in [6.45, 7) is 6.78. The average Bonchev–Trinajstić information content (AvgIpc) is 2.95. The maximum absolute atomic E-state index is 13.1. The van der Waals surface area contributed by atoms with Gasteiger partial charge in [0.25, 0.3) is 0 Å². The Hall–Kier alpha value is -2.02. The molecule has 1 aromatic carbocycles. The highest BCUT2D eigenvalue weighted by molar-refractivity contribution is 5.43. The van der Waals surface area contributed by atoms with Gasteiger partial charge in [0.15, 0.2) is 17.5 Å². The number of hydrogen-bond donors (Lipinski definition) is 1. The molecule has 120 valence electrons. The van der Waals surface area contributed by atoms with Crippen LogP contribution in [0.1, 0.15) is 38.6 Å². The van der Waals surface area contributed by atoms with Crippen LogP contribution in [-0.4, -0.2) is 16.7 Å². The van der Waals surface area contributed by atoms with Crippen LogP contribution in [0.3, 0.4) is 0 Å². The largest absolute Gasteiger partial charge is 0.376 e. The van der Waals surface area contributed by atoms with Gasteiger partial charge in [0.05, 0.1) is 6.54 Å². The van der Waals surface area contributed by atoms with Crippen molar-refractivity contribution in [2.24, 2.45) is 5.92 Å². The summed E-state index contributed by atoms with van der Waals surface area (Å²) in [5.41, 5.74) is 0.433. The van der Waals surface area contributed by atoms with Crippen molar-refractivity contribution in [1.82, 2.24) is 10.1 Å². The summed E-state index contributed by atoms with van der Waals surface area (Å²) < 4.78 is 36.6. The molecule has 1 atom stereocenters. The Morgan fingerprint density at radius 2 is 2.00 bits per heavy atom. The fraction of sp³-hybridized carbons (Fsp3) is 0.467. The van der Waals surface area contributed by atoms with Gasteiger partial charge in [-0.3, -0.25) is 0 Å². The summed E-state index contributed by atoms with van der Waals surface area (Å²) in [6.07, 6.45) is -0.261. The molecule has 1 unspecified atom stereocenters. The Morgan fingerprint density at radius 3 is 2.68 bits per heavy atom. The van der Waals surface area contributed by atoms with Crippen molar-refractivity contribution in [3.05, 3.63) is 41.5 Å². The summed E-state index contributed by atoms with van der Waals surface area (Å²) in [7, 11) is 0. The predicted molar refractivity (Wildman–Crippen MR) is 77.2 cm³/mol. The molecule has 0 aliphatic carbocycles. The number of ether oxygens (including phenoxy) is 1. The van der Waals surface area contributed by atoms with Gasteiger partial charge >= 0.3 is 0 Å². The third kappa shape index (κ3) is 4.49. The van der Waals surface area contributed by atoms with E-state index in [9.17, 15) is 8.78 Å². The molecule has 5 nitrogen and oxygen atoms in total. The van der Waals surface area contributed by atoms with Crippen molar-refractivity contribution in [2.45, 2.75) is 33.4 Å². The Bertz CT molecular complexity index is 617. The molecule has 22 heavy (non-hydrogen) atoms. The van der Waals surface area contributed by atoms with Gasteiger partial charge in [-0.1, -0.05) is 19.0 Å². The first-order valence-corrected chi connectivity index (χ1v) is 7.08. The Kier molecular flexibility index (Phi) is 5.43. The normalized spacial score (nSPS) is 12.6. The Morgan fingerprint density at radius 1 is 1.23 bits per heavy atom. The summed E-state index contributed by atoms with van der Waals surface area (Å²) in [4.78, 5) is 4.21. The van der Waals surface area contributed by atoms with Crippen LogP contribution < -0.4 is 5.32 Å². The van der Waals surface area contributed by atoms with E-state index in [1.807, 2.05) is 6.92 Å². The van der Waals surface area contributed by atoms with Gasteiger partial charge in [0, 0.05) is 18.4 Å². The van der Waals surface area contributed by atoms with Gasteiger partial charge in [-0.2, -0.15) is 4.98 Å². The fourth-order valence-electron chi connectivity index (χ4n) is 1.70. The molecule has 1 heterocycles. The maximum Gasteiger partial charge on any atom is 0.246 e. The zero-order chi connectivity index (χ0) is 16.1. The van der Waals surface area contributed by atoms with Gasteiger partial charge in [0.2, 0.25) is 5.89 Å². The van der Waals surface area contributed by atoms with Crippen molar-refractivity contribution in [1.29, 1.82) is 0 Å². The van der Waals surface area contributed by atoms with Crippen molar-refractivity contribution < 1.29 is 18.0 Å². The second kappa shape index (κ2) is 7.31. The Labute approximate surface area is 127 Å². The first kappa shape index (κ1) is 16.4. The van der Waals surface area contributed by atoms with Crippen LogP contribution >= 0.6 is 0 Å². The van der Waals surface area contributed by atoms with Gasteiger partial charge < -0.3 is 14.6 Å². The molecule has 0 bridgehead atoms. The first-order chi connectivity index (χ1) is 10.5. The third-order valence-corrected chi connectivity index (χ3v) is 2.89. The molecule has 1 N–H and O–H groups in total. The zero-order valence-electron chi connectivity index (χ0n) is 12.8. The number of nitrogens with one attached hydrogen (secondary N) is 1. The molecule has 0 saturated carbocycles. The monoisotopic (exact) mass is 311 g/mol. The molecule has 2 rings (SSSR count). The lowest BCUT2D eigenvalue weighted by molar-refractivity contribution is 0.0402. The van der Waals surface area contributed by atoms with Gasteiger partial charge in [0.1, 0.15) is 6.10 Å². The van der Waals surface area contributed by atoms with E-state index < -0.39 is 11.6 Å². The highest BCUT2D eigenvalue weighted by Gasteiger charge is 2.14. The number of aromatic nitrogens is 2. The zero-order valence-corrected chi connectivity index (χ0v) is 12.8. The smallest absolute Gasteiger partial charge is 0.246 e. The van der Waals surface area contributed by atoms with E-state index in [2.05, 4.69) is 29.3 Å². The van der Waals surface area contributed by atoms with Crippen LogP contribution in [0.2, 0.25) is 0 Å². The molecule has 0 radical (unpaired) electrons. The van der Waals surface area contributed by atoms with Crippen molar-refractivity contribution >= 4 is 5.69 Å². The minimum atomic E-state index is -0.910. The molecular weight excluding hydrogens is 292 g/mol. The quantitative estimate of drug-likeness (QED) is 0.845. The first-order valence-electron chi connectivity index (χ1n) is 7.08. The molecule has 0 aliphatic rings. The summed E-state index contributed by atoms with van der Waals surface area (Å²) in [5, 5.41) is 6.74. The van der Waals surface area contributed by atoms with E-state index >= 15 is 0 Å². The number of rotatable bonds is 7. The number of benzene rings is 1. The minimum Gasteiger partial charge on any atom is -0.376 e. The summed E-state index contributed by atoms with van der Waals surface area (Å²) in [5.74, 6) is -0.569. The standard InChI is InChI=1S/C15H19F2N3O2/c1-9(2)8-21-10(3)15-19-14(22-20-15)7-18-11-4-5-12(16)13(17)6-11/h4-6,9-10,18H,7-8H2,1-3H3. The molecule has 2 aromatic rings. The lowest BCUT2D eigenvalue weighted by Crippen LogP contribution is -2.08. The van der Waals surface area contributed by atoms with Crippen LogP contribution in [0.25, 0.3) is 0 Å². The minimum absolute atomic E-state index is 0.217. The van der Waals surface area contributed by atoms with Crippen LogP contribution in [-0.2, 0) is 11.3 Å². The molecular formula is C15H19F2N3O2. The second-order valence-corrected chi connectivity index (χ2v) is 5.40. The predicted octanol–water partition coefficient (Wildman–Crippen LogP) is 3.69. The number of nitrogens with zero attached hydrogens (tertiary/aromatic N) is 2. The summed E-state index contributed by atoms with van der Waals surface area (Å²) >= 11 is 0. The van der Waals surface area contributed by atoms with E-state index in [0.717, 1.165) is 12.1 Å². The number of hydrogen-bond acceptors (Lipinski definition) is 5. The van der Waals surface area contributed by atoms with Gasteiger partial charge in [-0.05, 0) is 25.0 Å². The molecule has 7 heteroatoms. The van der Waals surface area contributed by atoms with E-state index in [-0.39, 0.29) is 12.6 Å². The maximum atomic E-state index is 13.1. The van der Waals surface area contributed by atoms with Crippen LogP contribution in [0, 0.1) is 17.6 Å². The van der Waals surface area contributed by atoms with Crippen LogP contribution in [0.15, 0.2) is 22.7 Å². The molecule has 0 spiro atoms. The number of halogens is 2. The molecule has 0 fully saturated rings. The lowest BCUT2D eigenvalue weighted by atomic mass is 10.2. The van der Waals surface area contributed by atoms with E-state index in [0.29, 0.717) is 29.9 Å². The molecule has 1 aromatic heterocycles. The fourth-order valence-corrected chi connectivity index (χ4v) is 1.70. The van der Waals surface area contributed by atoms with E-state index in [4.69, 9.17) is 9.26 Å². The molecule has 0 saturated heterocycles. The average molecular weight is 311 g/mol. The van der Waals surface area contributed by atoms with Crippen molar-refractivity contribution in [3.8, 4) is 0 Å². The van der Waals surface area contributed by atoms with Gasteiger partial charge in [-0.25, -0.2) is 8.78 Å². The lowest BCUT2D eigenvalue weighted by Gasteiger charge is -2.10. The van der Waals surface area contributed by atoms with Crippen molar-refractivity contribution in [3.63, 3.8) is 0 Å². The highest BCUT2D eigenvalue weighted by Crippen LogP contribution is 2.16. The van der Waals surface area contributed by atoms with E-state index in [1.165, 1.54) is 6.07 Å². The van der Waals surface area contributed by atoms with Crippen LogP contribution in [0.5, 0.6) is 0 Å². The number of anilines is 1. The second-order valence-electron chi connectivity index (χ2n) is 5.40.